The molecule has 0 fully saturated rings. The Hall–Kier alpha value is -0.300. The standard InChI is InChI=1S/C7H15N/c1-5-7(3)8(4)6-2/h5,7H,1,6H2,2-4H3. The van der Waals surface area contributed by atoms with E-state index in [9.17, 15) is 0 Å². The summed E-state index contributed by atoms with van der Waals surface area (Å²) in [5, 5.41) is 0. The van der Waals surface area contributed by atoms with Crippen molar-refractivity contribution in [3.8, 4) is 0 Å². The summed E-state index contributed by atoms with van der Waals surface area (Å²) in [5.74, 6) is 0. The summed E-state index contributed by atoms with van der Waals surface area (Å²) in [7, 11) is 2.09. The van der Waals surface area contributed by atoms with Crippen LogP contribution in [0.1, 0.15) is 13.8 Å². The number of likely N-dealkylation sites (N-methyl/N-ethyl adjacent to an activating group) is 1. The van der Waals surface area contributed by atoms with Crippen molar-refractivity contribution in [1.29, 1.82) is 0 Å². The largest absolute Gasteiger partial charge is 0.301 e. The van der Waals surface area contributed by atoms with E-state index in [-0.39, 0.29) is 0 Å². The van der Waals surface area contributed by atoms with Crippen molar-refractivity contribution in [2.45, 2.75) is 19.9 Å². The van der Waals surface area contributed by atoms with Gasteiger partial charge in [0.1, 0.15) is 0 Å². The number of hydrogen-bond acceptors (Lipinski definition) is 1. The molecule has 1 unspecified atom stereocenters. The Kier molecular flexibility index (Phi) is 3.53. The molecule has 1 heteroatoms. The van der Waals surface area contributed by atoms with Crippen molar-refractivity contribution in [2.75, 3.05) is 13.6 Å². The third-order valence-electron chi connectivity index (χ3n) is 1.54. The van der Waals surface area contributed by atoms with E-state index in [1.165, 1.54) is 0 Å². The van der Waals surface area contributed by atoms with Crippen molar-refractivity contribution < 1.29 is 0 Å². The summed E-state index contributed by atoms with van der Waals surface area (Å²) in [6.07, 6.45) is 1.95. The second-order valence-corrected chi connectivity index (χ2v) is 2.05. The van der Waals surface area contributed by atoms with Gasteiger partial charge in [-0.3, -0.25) is 0 Å². The predicted octanol–water partition coefficient (Wildman–Crippen LogP) is 1.51. The zero-order chi connectivity index (χ0) is 6.57. The third-order valence-corrected chi connectivity index (χ3v) is 1.54. The predicted molar refractivity (Wildman–Crippen MR) is 38.0 cm³/mol. The first-order valence-corrected chi connectivity index (χ1v) is 3.05. The van der Waals surface area contributed by atoms with Crippen LogP contribution < -0.4 is 0 Å². The van der Waals surface area contributed by atoms with Crippen LogP contribution in [-0.2, 0) is 0 Å². The Morgan fingerprint density at radius 1 is 1.75 bits per heavy atom. The molecule has 0 saturated carbocycles. The highest BCUT2D eigenvalue weighted by Crippen LogP contribution is 1.92. The molecule has 0 saturated heterocycles. The zero-order valence-corrected chi connectivity index (χ0v) is 6.02. The van der Waals surface area contributed by atoms with E-state index in [0.29, 0.717) is 6.04 Å². The Balaban J connectivity index is 3.44. The molecule has 0 spiro atoms. The number of nitrogens with zero attached hydrogens (tertiary/aromatic N) is 1. The molecule has 0 amide bonds. The lowest BCUT2D eigenvalue weighted by atomic mass is 10.3. The molecule has 0 N–H and O–H groups in total. The van der Waals surface area contributed by atoms with Crippen LogP contribution in [0.15, 0.2) is 12.7 Å². The van der Waals surface area contributed by atoms with Crippen LogP contribution in [0.5, 0.6) is 0 Å². The summed E-state index contributed by atoms with van der Waals surface area (Å²) in [5.41, 5.74) is 0. The first-order chi connectivity index (χ1) is 3.72. The summed E-state index contributed by atoms with van der Waals surface area (Å²) in [6, 6.07) is 0.514. The zero-order valence-electron chi connectivity index (χ0n) is 6.02. The van der Waals surface area contributed by atoms with Gasteiger partial charge in [-0.25, -0.2) is 0 Å². The fourth-order valence-electron chi connectivity index (χ4n) is 0.468. The van der Waals surface area contributed by atoms with Crippen LogP contribution in [-0.4, -0.2) is 24.5 Å². The molecule has 8 heavy (non-hydrogen) atoms. The molecular formula is C7H15N. The molecule has 0 radical (unpaired) electrons. The average molecular weight is 113 g/mol. The van der Waals surface area contributed by atoms with Gasteiger partial charge in [-0.15, -0.1) is 6.58 Å². The fourth-order valence-corrected chi connectivity index (χ4v) is 0.468. The Morgan fingerprint density at radius 3 is 2.38 bits per heavy atom. The minimum absolute atomic E-state index is 0.514. The van der Waals surface area contributed by atoms with Crippen molar-refractivity contribution in [3.05, 3.63) is 12.7 Å². The van der Waals surface area contributed by atoms with E-state index in [0.717, 1.165) is 6.54 Å². The molecule has 0 aliphatic rings. The Bertz CT molecular complexity index is 68.8. The van der Waals surface area contributed by atoms with Gasteiger partial charge in [-0.1, -0.05) is 13.0 Å². The van der Waals surface area contributed by atoms with Crippen LogP contribution in [0.25, 0.3) is 0 Å². The van der Waals surface area contributed by atoms with E-state index in [2.05, 4.69) is 32.4 Å². The molecule has 1 nitrogen and oxygen atoms in total. The summed E-state index contributed by atoms with van der Waals surface area (Å²) < 4.78 is 0. The lowest BCUT2D eigenvalue weighted by molar-refractivity contribution is 0.314. The SMILES string of the molecule is C=CC(C)N(C)CC. The van der Waals surface area contributed by atoms with E-state index in [1.54, 1.807) is 0 Å². The first-order valence-electron chi connectivity index (χ1n) is 3.05. The Morgan fingerprint density at radius 2 is 2.25 bits per heavy atom. The van der Waals surface area contributed by atoms with E-state index < -0.39 is 0 Å². The van der Waals surface area contributed by atoms with E-state index >= 15 is 0 Å². The van der Waals surface area contributed by atoms with Crippen LogP contribution >= 0.6 is 0 Å². The molecule has 0 aromatic carbocycles. The van der Waals surface area contributed by atoms with Gasteiger partial charge in [0, 0.05) is 6.04 Å². The van der Waals surface area contributed by atoms with Gasteiger partial charge in [-0.05, 0) is 20.5 Å². The maximum atomic E-state index is 3.69. The molecule has 0 bridgehead atoms. The monoisotopic (exact) mass is 113 g/mol. The number of hydrogen-bond donors (Lipinski definition) is 0. The molecule has 0 aromatic heterocycles. The van der Waals surface area contributed by atoms with Crippen LogP contribution in [0.3, 0.4) is 0 Å². The molecular weight excluding hydrogens is 98.1 g/mol. The van der Waals surface area contributed by atoms with Gasteiger partial charge in [0.25, 0.3) is 0 Å². The number of rotatable bonds is 3. The van der Waals surface area contributed by atoms with Crippen molar-refractivity contribution >= 4 is 0 Å². The van der Waals surface area contributed by atoms with Crippen LogP contribution in [0.2, 0.25) is 0 Å². The van der Waals surface area contributed by atoms with Crippen molar-refractivity contribution in [1.82, 2.24) is 4.90 Å². The lowest BCUT2D eigenvalue weighted by Crippen LogP contribution is -2.26. The van der Waals surface area contributed by atoms with Gasteiger partial charge in [-0.2, -0.15) is 0 Å². The van der Waals surface area contributed by atoms with Crippen LogP contribution in [0, 0.1) is 0 Å². The minimum atomic E-state index is 0.514. The van der Waals surface area contributed by atoms with Crippen LogP contribution in [0.4, 0.5) is 0 Å². The average Bonchev–Trinajstić information content (AvgIpc) is 1.84. The second kappa shape index (κ2) is 3.67. The lowest BCUT2D eigenvalue weighted by Gasteiger charge is -2.18. The van der Waals surface area contributed by atoms with Gasteiger partial charge in [0.15, 0.2) is 0 Å². The smallest absolute Gasteiger partial charge is 0.0244 e. The minimum Gasteiger partial charge on any atom is -0.301 e. The molecule has 1 atom stereocenters. The van der Waals surface area contributed by atoms with Crippen molar-refractivity contribution in [3.63, 3.8) is 0 Å². The molecule has 48 valence electrons. The van der Waals surface area contributed by atoms with E-state index in [4.69, 9.17) is 0 Å². The maximum absolute atomic E-state index is 3.69. The molecule has 0 aromatic rings. The second-order valence-electron chi connectivity index (χ2n) is 2.05. The third kappa shape index (κ3) is 2.12. The summed E-state index contributed by atoms with van der Waals surface area (Å²) in [6.45, 7) is 9.05. The molecule has 0 rings (SSSR count). The topological polar surface area (TPSA) is 3.24 Å². The normalized spacial score (nSPS) is 14.0. The molecule has 0 aliphatic carbocycles. The van der Waals surface area contributed by atoms with Crippen molar-refractivity contribution in [2.24, 2.45) is 0 Å². The quantitative estimate of drug-likeness (QED) is 0.501. The van der Waals surface area contributed by atoms with Gasteiger partial charge in [0.2, 0.25) is 0 Å². The van der Waals surface area contributed by atoms with Gasteiger partial charge < -0.3 is 4.90 Å². The summed E-state index contributed by atoms with van der Waals surface area (Å²) in [4.78, 5) is 2.23. The molecule has 0 heterocycles. The first kappa shape index (κ1) is 7.70. The van der Waals surface area contributed by atoms with E-state index in [1.807, 2.05) is 6.08 Å². The van der Waals surface area contributed by atoms with Gasteiger partial charge >= 0.3 is 0 Å². The fraction of sp³-hybridized carbons (Fsp3) is 0.714. The highest BCUT2D eigenvalue weighted by molar-refractivity contribution is 4.81. The Labute approximate surface area is 52.0 Å². The highest BCUT2D eigenvalue weighted by Gasteiger charge is 1.98. The van der Waals surface area contributed by atoms with Gasteiger partial charge in [0.05, 0.1) is 0 Å². The molecule has 0 aliphatic heterocycles. The maximum Gasteiger partial charge on any atom is 0.0244 e. The summed E-state index contributed by atoms with van der Waals surface area (Å²) >= 11 is 0. The highest BCUT2D eigenvalue weighted by atomic mass is 15.1.